The van der Waals surface area contributed by atoms with Crippen LogP contribution in [-0.2, 0) is 54.8 Å². The molecule has 0 bridgehead atoms. The molecule has 4 aromatic rings. The van der Waals surface area contributed by atoms with Crippen molar-refractivity contribution in [2.45, 2.75) is 63.6 Å². The second-order valence-electron chi connectivity index (χ2n) is 11.0. The highest BCUT2D eigenvalue weighted by Crippen LogP contribution is 2.32. The molecule has 0 saturated carbocycles. The second kappa shape index (κ2) is 19.9. The van der Waals surface area contributed by atoms with Gasteiger partial charge in [0.15, 0.2) is 6.29 Å². The fourth-order valence-electron chi connectivity index (χ4n) is 5.28. The number of ether oxygens (including phenoxy) is 6. The summed E-state index contributed by atoms with van der Waals surface area (Å²) >= 11 is 0. The predicted molar refractivity (Wildman–Crippen MR) is 186 cm³/mol. The van der Waals surface area contributed by atoms with Crippen LogP contribution in [0.2, 0.25) is 0 Å². The molecule has 0 spiro atoms. The van der Waals surface area contributed by atoms with Crippen LogP contribution >= 0.6 is 21.6 Å². The van der Waals surface area contributed by atoms with Crippen molar-refractivity contribution in [1.29, 1.82) is 0 Å². The van der Waals surface area contributed by atoms with E-state index in [4.69, 9.17) is 28.4 Å². The van der Waals surface area contributed by atoms with Crippen LogP contribution in [-0.4, -0.2) is 55.9 Å². The Labute approximate surface area is 281 Å². The molecule has 8 heteroatoms. The molecule has 5 rings (SSSR count). The Morgan fingerprint density at radius 3 is 1.50 bits per heavy atom. The molecule has 1 aliphatic heterocycles. The molecule has 1 saturated heterocycles. The molecule has 0 unspecified atom stereocenters. The first-order chi connectivity index (χ1) is 22.8. The Balaban J connectivity index is 1.41. The third-order valence-electron chi connectivity index (χ3n) is 7.61. The maximum atomic E-state index is 6.77. The van der Waals surface area contributed by atoms with Gasteiger partial charge in [-0.05, 0) is 34.9 Å². The minimum atomic E-state index is -0.661. The van der Waals surface area contributed by atoms with Gasteiger partial charge >= 0.3 is 0 Å². The van der Waals surface area contributed by atoms with Gasteiger partial charge in [0.1, 0.15) is 24.4 Å². The van der Waals surface area contributed by atoms with E-state index >= 15 is 0 Å². The molecule has 0 amide bonds. The van der Waals surface area contributed by atoms with Crippen molar-refractivity contribution in [3.8, 4) is 0 Å². The lowest BCUT2D eigenvalue weighted by atomic mass is 9.97. The van der Waals surface area contributed by atoms with Gasteiger partial charge in [0.05, 0.1) is 39.6 Å². The van der Waals surface area contributed by atoms with Gasteiger partial charge in [-0.3, -0.25) is 0 Å². The highest BCUT2D eigenvalue weighted by Gasteiger charge is 2.49. The van der Waals surface area contributed by atoms with Crippen molar-refractivity contribution >= 4 is 21.6 Å². The number of hydrogen-bond acceptors (Lipinski definition) is 8. The SMILES string of the molecule is CSSCCCO[C@H]1O[C@H](COCc2ccccc2)[C@@H](OCc2ccccc2)[C@H](OCc2ccccc2)[C@H]1OCc1ccccc1. The van der Waals surface area contributed by atoms with E-state index in [1.165, 1.54) is 0 Å². The van der Waals surface area contributed by atoms with E-state index in [2.05, 4.69) is 54.8 Å². The highest BCUT2D eigenvalue weighted by atomic mass is 33.1. The first kappa shape index (κ1) is 34.7. The first-order valence-electron chi connectivity index (χ1n) is 15.8. The molecule has 244 valence electrons. The zero-order valence-electron chi connectivity index (χ0n) is 26.4. The lowest BCUT2D eigenvalue weighted by Crippen LogP contribution is -2.61. The number of hydrogen-bond donors (Lipinski definition) is 0. The van der Waals surface area contributed by atoms with E-state index in [1.807, 2.05) is 83.6 Å². The van der Waals surface area contributed by atoms with Crippen molar-refractivity contribution in [1.82, 2.24) is 0 Å². The maximum Gasteiger partial charge on any atom is 0.186 e. The maximum absolute atomic E-state index is 6.77. The van der Waals surface area contributed by atoms with E-state index in [-0.39, 0.29) is 0 Å². The van der Waals surface area contributed by atoms with E-state index in [9.17, 15) is 0 Å². The number of benzene rings is 4. The average molecular weight is 661 g/mol. The summed E-state index contributed by atoms with van der Waals surface area (Å²) in [7, 11) is 3.59. The van der Waals surface area contributed by atoms with E-state index in [0.717, 1.165) is 34.4 Å². The molecule has 6 nitrogen and oxygen atoms in total. The Bertz CT molecular complexity index is 1350. The van der Waals surface area contributed by atoms with Crippen LogP contribution in [0.3, 0.4) is 0 Å². The van der Waals surface area contributed by atoms with Gasteiger partial charge in [0, 0.05) is 5.75 Å². The molecule has 0 aromatic heterocycles. The van der Waals surface area contributed by atoms with Gasteiger partial charge < -0.3 is 28.4 Å². The largest absolute Gasteiger partial charge is 0.374 e. The van der Waals surface area contributed by atoms with Crippen molar-refractivity contribution in [3.05, 3.63) is 144 Å². The van der Waals surface area contributed by atoms with Crippen molar-refractivity contribution in [2.24, 2.45) is 0 Å². The molecule has 1 aliphatic rings. The van der Waals surface area contributed by atoms with Crippen LogP contribution in [0, 0.1) is 0 Å². The Hall–Kier alpha value is -2.66. The summed E-state index contributed by atoms with van der Waals surface area (Å²) in [6.07, 6.45) is 0.372. The minimum Gasteiger partial charge on any atom is -0.374 e. The molecule has 0 radical (unpaired) electrons. The standard InChI is InChI=1S/C38H44O6S2/c1-45-46-24-14-23-40-38-37(43-28-33-21-12-5-13-22-33)36(42-27-32-19-10-4-11-20-32)35(41-26-31-17-8-3-9-18-31)34(44-38)29-39-25-30-15-6-2-7-16-30/h2-13,15-22,34-38H,14,23-29H2,1H3/t34-,35-,36+,37-,38+/m1/s1. The van der Waals surface area contributed by atoms with Crippen LogP contribution in [0.15, 0.2) is 121 Å². The average Bonchev–Trinajstić information content (AvgIpc) is 3.11. The first-order valence-corrected chi connectivity index (χ1v) is 18.5. The third kappa shape index (κ3) is 11.2. The normalized spacial score (nSPS) is 21.3. The Morgan fingerprint density at radius 2 is 1.00 bits per heavy atom. The van der Waals surface area contributed by atoms with Crippen LogP contribution in [0.5, 0.6) is 0 Å². The van der Waals surface area contributed by atoms with E-state index in [0.29, 0.717) is 39.6 Å². The second-order valence-corrected chi connectivity index (χ2v) is 13.7. The molecule has 0 N–H and O–H groups in total. The van der Waals surface area contributed by atoms with Gasteiger partial charge in [-0.1, -0.05) is 143 Å². The van der Waals surface area contributed by atoms with Crippen molar-refractivity contribution < 1.29 is 28.4 Å². The fraction of sp³-hybridized carbons (Fsp3) is 0.368. The molecule has 4 aromatic carbocycles. The summed E-state index contributed by atoms with van der Waals surface area (Å²) in [5.74, 6) is 0.990. The molecule has 46 heavy (non-hydrogen) atoms. The van der Waals surface area contributed by atoms with Crippen LogP contribution < -0.4 is 0 Å². The summed E-state index contributed by atoms with van der Waals surface area (Å²) in [4.78, 5) is 0. The summed E-state index contributed by atoms with van der Waals surface area (Å²) in [6, 6.07) is 40.7. The van der Waals surface area contributed by atoms with Gasteiger partial charge in [-0.15, -0.1) is 0 Å². The molecule has 1 fully saturated rings. The minimum absolute atomic E-state index is 0.313. The summed E-state index contributed by atoms with van der Waals surface area (Å²) in [5.41, 5.74) is 4.30. The fourth-order valence-corrected chi connectivity index (χ4v) is 6.54. The topological polar surface area (TPSA) is 55.4 Å². The van der Waals surface area contributed by atoms with Crippen LogP contribution in [0.1, 0.15) is 28.7 Å². The number of rotatable bonds is 19. The van der Waals surface area contributed by atoms with Crippen LogP contribution in [0.25, 0.3) is 0 Å². The van der Waals surface area contributed by atoms with E-state index in [1.54, 1.807) is 10.8 Å². The molecule has 5 atom stereocenters. The van der Waals surface area contributed by atoms with Gasteiger partial charge in [0.2, 0.25) is 0 Å². The van der Waals surface area contributed by atoms with Gasteiger partial charge in [-0.2, -0.15) is 0 Å². The lowest BCUT2D eigenvalue weighted by molar-refractivity contribution is -0.328. The lowest BCUT2D eigenvalue weighted by Gasteiger charge is -2.46. The van der Waals surface area contributed by atoms with Gasteiger partial charge in [-0.25, -0.2) is 0 Å². The Kier molecular flexibility index (Phi) is 15.0. The summed E-state index contributed by atoms with van der Waals surface area (Å²) in [6.45, 7) is 2.51. The zero-order chi connectivity index (χ0) is 31.7. The molecule has 1 heterocycles. The van der Waals surface area contributed by atoms with E-state index < -0.39 is 30.7 Å². The summed E-state index contributed by atoms with van der Waals surface area (Å²) < 4.78 is 39.6. The van der Waals surface area contributed by atoms with Crippen LogP contribution in [0.4, 0.5) is 0 Å². The monoisotopic (exact) mass is 660 g/mol. The summed E-state index contributed by atoms with van der Waals surface area (Å²) in [5, 5.41) is 0. The Morgan fingerprint density at radius 1 is 0.543 bits per heavy atom. The van der Waals surface area contributed by atoms with Gasteiger partial charge in [0.25, 0.3) is 0 Å². The zero-order valence-corrected chi connectivity index (χ0v) is 28.0. The highest BCUT2D eigenvalue weighted by molar-refractivity contribution is 8.76. The van der Waals surface area contributed by atoms with Crippen molar-refractivity contribution in [2.75, 3.05) is 25.2 Å². The third-order valence-corrected chi connectivity index (χ3v) is 9.51. The predicted octanol–water partition coefficient (Wildman–Crippen LogP) is 8.10. The molecular weight excluding hydrogens is 617 g/mol. The van der Waals surface area contributed by atoms with Crippen molar-refractivity contribution in [3.63, 3.8) is 0 Å². The molecule has 0 aliphatic carbocycles. The smallest absolute Gasteiger partial charge is 0.186 e. The quantitative estimate of drug-likeness (QED) is 0.0739. The molecular formula is C38H44O6S2.